The molecule has 1 heterocycles. The first kappa shape index (κ1) is 15.0. The standard InChI is InChI=1S/C15H19N3O3/c1-9(2)15(21)17-11-4-3-5-12(7-11)18-8-10(14(16)20)6-13(18)19/h3-5,7,9-10H,6,8H2,1-2H3,(H2,16,20)(H,17,21)/t10-/m1/s1. The summed E-state index contributed by atoms with van der Waals surface area (Å²) < 4.78 is 0. The molecule has 0 saturated carbocycles. The molecular weight excluding hydrogens is 270 g/mol. The Kier molecular flexibility index (Phi) is 4.26. The van der Waals surface area contributed by atoms with Crippen LogP contribution in [-0.2, 0) is 14.4 Å². The highest BCUT2D eigenvalue weighted by molar-refractivity contribution is 6.01. The van der Waals surface area contributed by atoms with Gasteiger partial charge in [0.05, 0.1) is 5.92 Å². The fourth-order valence-electron chi connectivity index (χ4n) is 2.19. The van der Waals surface area contributed by atoms with E-state index < -0.39 is 11.8 Å². The normalized spacial score (nSPS) is 18.1. The number of nitrogens with zero attached hydrogens (tertiary/aromatic N) is 1. The highest BCUT2D eigenvalue weighted by Crippen LogP contribution is 2.27. The van der Waals surface area contributed by atoms with Crippen molar-refractivity contribution in [2.45, 2.75) is 20.3 Å². The Labute approximate surface area is 123 Å². The van der Waals surface area contributed by atoms with E-state index in [9.17, 15) is 14.4 Å². The van der Waals surface area contributed by atoms with Gasteiger partial charge < -0.3 is 16.0 Å². The molecule has 0 aromatic heterocycles. The van der Waals surface area contributed by atoms with Crippen molar-refractivity contribution in [3.63, 3.8) is 0 Å². The van der Waals surface area contributed by atoms with Gasteiger partial charge in [0.15, 0.2) is 0 Å². The van der Waals surface area contributed by atoms with Gasteiger partial charge in [-0.15, -0.1) is 0 Å². The van der Waals surface area contributed by atoms with Gasteiger partial charge in [0.1, 0.15) is 0 Å². The van der Waals surface area contributed by atoms with Crippen molar-refractivity contribution in [3.05, 3.63) is 24.3 Å². The third-order valence-corrected chi connectivity index (χ3v) is 3.48. The largest absolute Gasteiger partial charge is 0.369 e. The summed E-state index contributed by atoms with van der Waals surface area (Å²) in [5, 5.41) is 2.79. The zero-order valence-corrected chi connectivity index (χ0v) is 12.1. The Morgan fingerprint density at radius 1 is 1.38 bits per heavy atom. The molecule has 2 rings (SSSR count). The minimum absolute atomic E-state index is 0.0880. The van der Waals surface area contributed by atoms with E-state index >= 15 is 0 Å². The first-order valence-electron chi connectivity index (χ1n) is 6.89. The lowest BCUT2D eigenvalue weighted by atomic mass is 10.1. The predicted molar refractivity (Wildman–Crippen MR) is 79.6 cm³/mol. The Morgan fingerprint density at radius 3 is 2.67 bits per heavy atom. The molecule has 3 N–H and O–H groups in total. The molecule has 21 heavy (non-hydrogen) atoms. The topological polar surface area (TPSA) is 92.5 Å². The molecule has 112 valence electrons. The number of primary amides is 1. The van der Waals surface area contributed by atoms with E-state index in [2.05, 4.69) is 5.32 Å². The molecule has 3 amide bonds. The maximum atomic E-state index is 12.0. The van der Waals surface area contributed by atoms with Gasteiger partial charge in [0.2, 0.25) is 17.7 Å². The first-order valence-corrected chi connectivity index (χ1v) is 6.89. The maximum Gasteiger partial charge on any atom is 0.227 e. The van der Waals surface area contributed by atoms with Gasteiger partial charge >= 0.3 is 0 Å². The average Bonchev–Trinajstić information content (AvgIpc) is 2.81. The van der Waals surface area contributed by atoms with Crippen LogP contribution < -0.4 is 16.0 Å². The van der Waals surface area contributed by atoms with E-state index in [1.165, 1.54) is 4.90 Å². The van der Waals surface area contributed by atoms with E-state index in [0.717, 1.165) is 0 Å². The fraction of sp³-hybridized carbons (Fsp3) is 0.400. The Hall–Kier alpha value is -2.37. The lowest BCUT2D eigenvalue weighted by molar-refractivity contribution is -0.123. The number of amides is 3. The van der Waals surface area contributed by atoms with Crippen molar-refractivity contribution in [2.24, 2.45) is 17.6 Å². The number of carbonyl (C=O) groups is 3. The van der Waals surface area contributed by atoms with Gasteiger partial charge in [-0.05, 0) is 18.2 Å². The summed E-state index contributed by atoms with van der Waals surface area (Å²) in [6, 6.07) is 7.01. The summed E-state index contributed by atoms with van der Waals surface area (Å²) in [5.74, 6) is -1.26. The summed E-state index contributed by atoms with van der Waals surface area (Å²) in [6.07, 6.45) is 0.137. The number of nitrogens with one attached hydrogen (secondary N) is 1. The minimum atomic E-state index is -0.463. The number of rotatable bonds is 4. The van der Waals surface area contributed by atoms with Gasteiger partial charge in [-0.3, -0.25) is 14.4 Å². The van der Waals surface area contributed by atoms with Crippen LogP contribution in [0, 0.1) is 11.8 Å². The molecule has 0 unspecified atom stereocenters. The molecule has 1 fully saturated rings. The zero-order valence-electron chi connectivity index (χ0n) is 12.1. The van der Waals surface area contributed by atoms with Gasteiger partial charge in [0, 0.05) is 30.3 Å². The van der Waals surface area contributed by atoms with Crippen LogP contribution in [-0.4, -0.2) is 24.3 Å². The summed E-state index contributed by atoms with van der Waals surface area (Å²) in [6.45, 7) is 3.90. The van der Waals surface area contributed by atoms with Crippen LogP contribution in [0.3, 0.4) is 0 Å². The van der Waals surface area contributed by atoms with Crippen LogP contribution in [0.4, 0.5) is 11.4 Å². The van der Waals surface area contributed by atoms with Crippen LogP contribution in [0.1, 0.15) is 20.3 Å². The predicted octanol–water partition coefficient (Wildman–Crippen LogP) is 1.12. The van der Waals surface area contributed by atoms with E-state index in [1.807, 2.05) is 0 Å². The van der Waals surface area contributed by atoms with E-state index in [1.54, 1.807) is 38.1 Å². The van der Waals surface area contributed by atoms with E-state index in [4.69, 9.17) is 5.73 Å². The van der Waals surface area contributed by atoms with Gasteiger partial charge in [-0.25, -0.2) is 0 Å². The molecule has 0 spiro atoms. The molecule has 6 nitrogen and oxygen atoms in total. The second-order valence-electron chi connectivity index (χ2n) is 5.50. The molecule has 0 radical (unpaired) electrons. The van der Waals surface area contributed by atoms with E-state index in [-0.39, 0.29) is 30.7 Å². The highest BCUT2D eigenvalue weighted by atomic mass is 16.2. The second-order valence-corrected chi connectivity index (χ2v) is 5.50. The van der Waals surface area contributed by atoms with Crippen molar-refractivity contribution >= 4 is 29.1 Å². The first-order chi connectivity index (χ1) is 9.88. The Balaban J connectivity index is 2.16. The highest BCUT2D eigenvalue weighted by Gasteiger charge is 2.33. The smallest absolute Gasteiger partial charge is 0.227 e. The third-order valence-electron chi connectivity index (χ3n) is 3.48. The number of carbonyl (C=O) groups excluding carboxylic acids is 3. The fourth-order valence-corrected chi connectivity index (χ4v) is 2.19. The monoisotopic (exact) mass is 289 g/mol. The Bertz CT molecular complexity index is 583. The molecule has 0 bridgehead atoms. The average molecular weight is 289 g/mol. The van der Waals surface area contributed by atoms with Crippen molar-refractivity contribution in [1.29, 1.82) is 0 Å². The summed E-state index contributed by atoms with van der Waals surface area (Å²) in [5.41, 5.74) is 6.54. The van der Waals surface area contributed by atoms with Crippen LogP contribution in [0.15, 0.2) is 24.3 Å². The summed E-state index contributed by atoms with van der Waals surface area (Å²) >= 11 is 0. The van der Waals surface area contributed by atoms with Crippen LogP contribution in [0.5, 0.6) is 0 Å². The van der Waals surface area contributed by atoms with Gasteiger partial charge in [0.25, 0.3) is 0 Å². The van der Waals surface area contributed by atoms with Crippen LogP contribution in [0.25, 0.3) is 0 Å². The molecule has 6 heteroatoms. The van der Waals surface area contributed by atoms with E-state index in [0.29, 0.717) is 11.4 Å². The van der Waals surface area contributed by atoms with Crippen molar-refractivity contribution in [3.8, 4) is 0 Å². The number of nitrogens with two attached hydrogens (primary N) is 1. The quantitative estimate of drug-likeness (QED) is 0.870. The van der Waals surface area contributed by atoms with Gasteiger partial charge in [-0.1, -0.05) is 19.9 Å². The lowest BCUT2D eigenvalue weighted by Crippen LogP contribution is -2.28. The SMILES string of the molecule is CC(C)C(=O)Nc1cccc(N2C[C@H](C(N)=O)CC2=O)c1. The van der Waals surface area contributed by atoms with Crippen LogP contribution >= 0.6 is 0 Å². The number of anilines is 2. The molecular formula is C15H19N3O3. The number of benzene rings is 1. The van der Waals surface area contributed by atoms with Crippen molar-refractivity contribution < 1.29 is 14.4 Å². The molecule has 1 atom stereocenters. The summed E-state index contributed by atoms with van der Waals surface area (Å²) in [4.78, 5) is 36.4. The lowest BCUT2D eigenvalue weighted by Gasteiger charge is -2.17. The molecule has 0 aliphatic carbocycles. The molecule has 1 aliphatic rings. The molecule has 1 saturated heterocycles. The minimum Gasteiger partial charge on any atom is -0.369 e. The van der Waals surface area contributed by atoms with Crippen molar-refractivity contribution in [1.82, 2.24) is 0 Å². The summed E-state index contributed by atoms with van der Waals surface area (Å²) in [7, 11) is 0. The second kappa shape index (κ2) is 5.95. The van der Waals surface area contributed by atoms with Gasteiger partial charge in [-0.2, -0.15) is 0 Å². The number of hydrogen-bond acceptors (Lipinski definition) is 3. The molecule has 1 aromatic carbocycles. The van der Waals surface area contributed by atoms with Crippen LogP contribution in [0.2, 0.25) is 0 Å². The maximum absolute atomic E-state index is 12.0. The third kappa shape index (κ3) is 3.39. The Morgan fingerprint density at radius 2 is 2.10 bits per heavy atom. The molecule has 1 aromatic rings. The molecule has 1 aliphatic heterocycles. The number of hydrogen-bond donors (Lipinski definition) is 2. The van der Waals surface area contributed by atoms with Crippen molar-refractivity contribution in [2.75, 3.05) is 16.8 Å². The zero-order chi connectivity index (χ0) is 15.6.